The molecule has 2 fully saturated rings. The molecule has 1 N–H and O–H groups in total. The predicted octanol–water partition coefficient (Wildman–Crippen LogP) is 4.50. The number of nitrogens with zero attached hydrogens (tertiary/aromatic N) is 1. The number of carbonyl (C=O) groups is 2. The Kier molecular flexibility index (Phi) is 4.89. The molecule has 0 saturated carbocycles. The normalized spacial score (nSPS) is 23.5. The zero-order valence-corrected chi connectivity index (χ0v) is 17.1. The zero-order chi connectivity index (χ0) is 20.7. The minimum Gasteiger partial charge on any atom is -0.507 e. The zero-order valence-electron chi connectivity index (χ0n) is 16.3. The molecule has 0 spiro atoms. The second-order valence-corrected chi connectivity index (χ2v) is 8.61. The van der Waals surface area contributed by atoms with E-state index in [1.54, 1.807) is 11.0 Å². The first-order chi connectivity index (χ1) is 14.6. The smallest absolute Gasteiger partial charge is 0.295 e. The predicted molar refractivity (Wildman–Crippen MR) is 116 cm³/mol. The minimum absolute atomic E-state index is 0.0803. The Labute approximate surface area is 178 Å². The van der Waals surface area contributed by atoms with E-state index in [9.17, 15) is 14.7 Å². The van der Waals surface area contributed by atoms with E-state index in [4.69, 9.17) is 4.74 Å². The van der Waals surface area contributed by atoms with Crippen LogP contribution in [0.15, 0.2) is 65.6 Å². The van der Waals surface area contributed by atoms with E-state index in [0.29, 0.717) is 18.7 Å². The molecule has 2 aromatic carbocycles. The van der Waals surface area contributed by atoms with Gasteiger partial charge in [-0.1, -0.05) is 48.5 Å². The lowest BCUT2D eigenvalue weighted by Crippen LogP contribution is -2.36. The topological polar surface area (TPSA) is 66.8 Å². The molecule has 3 heterocycles. The van der Waals surface area contributed by atoms with E-state index < -0.39 is 17.7 Å². The van der Waals surface area contributed by atoms with Gasteiger partial charge in [0.2, 0.25) is 0 Å². The van der Waals surface area contributed by atoms with Crippen molar-refractivity contribution in [3.63, 3.8) is 0 Å². The lowest BCUT2D eigenvalue weighted by atomic mass is 9.96. The Bertz CT molecular complexity index is 1140. The van der Waals surface area contributed by atoms with Gasteiger partial charge in [0.15, 0.2) is 0 Å². The van der Waals surface area contributed by atoms with Gasteiger partial charge >= 0.3 is 0 Å². The first-order valence-corrected chi connectivity index (χ1v) is 10.9. The molecule has 2 aliphatic rings. The number of Topliss-reactive ketones (excluding diaryl/α,β-unsaturated/α-hetero) is 1. The van der Waals surface area contributed by atoms with Gasteiger partial charge in [0.05, 0.1) is 17.7 Å². The summed E-state index contributed by atoms with van der Waals surface area (Å²) in [6, 6.07) is 16.5. The summed E-state index contributed by atoms with van der Waals surface area (Å²) < 4.78 is 5.72. The van der Waals surface area contributed by atoms with Crippen LogP contribution in [0, 0.1) is 0 Å². The molecule has 2 aliphatic heterocycles. The van der Waals surface area contributed by atoms with Crippen molar-refractivity contribution in [2.24, 2.45) is 0 Å². The number of benzene rings is 2. The third-order valence-electron chi connectivity index (χ3n) is 5.82. The number of rotatable bonds is 4. The summed E-state index contributed by atoms with van der Waals surface area (Å²) in [7, 11) is 0. The fraction of sp³-hybridized carbons (Fsp3) is 0.250. The molecule has 0 bridgehead atoms. The summed E-state index contributed by atoms with van der Waals surface area (Å²) in [5.74, 6) is -1.35. The largest absolute Gasteiger partial charge is 0.507 e. The van der Waals surface area contributed by atoms with Crippen LogP contribution in [0.3, 0.4) is 0 Å². The Morgan fingerprint density at radius 3 is 2.70 bits per heavy atom. The van der Waals surface area contributed by atoms with Crippen LogP contribution >= 0.6 is 11.3 Å². The second kappa shape index (κ2) is 7.70. The highest BCUT2D eigenvalue weighted by Gasteiger charge is 2.47. The van der Waals surface area contributed by atoms with Crippen molar-refractivity contribution < 1.29 is 19.4 Å². The van der Waals surface area contributed by atoms with Crippen molar-refractivity contribution in [2.45, 2.75) is 25.0 Å². The van der Waals surface area contributed by atoms with Crippen LogP contribution in [0.25, 0.3) is 16.5 Å². The Balaban J connectivity index is 1.66. The summed E-state index contributed by atoms with van der Waals surface area (Å²) in [6.45, 7) is 1.02. The van der Waals surface area contributed by atoms with Crippen molar-refractivity contribution in [3.8, 4) is 0 Å². The summed E-state index contributed by atoms with van der Waals surface area (Å²) in [6.07, 6.45) is 1.74. The summed E-state index contributed by atoms with van der Waals surface area (Å²) in [5.41, 5.74) is 0.710. The Morgan fingerprint density at radius 2 is 1.93 bits per heavy atom. The molecular weight excluding hydrogens is 398 g/mol. The van der Waals surface area contributed by atoms with Crippen LogP contribution in [-0.4, -0.2) is 41.0 Å². The second-order valence-electron chi connectivity index (χ2n) is 7.63. The summed E-state index contributed by atoms with van der Waals surface area (Å²) in [4.78, 5) is 28.5. The number of likely N-dealkylation sites (tertiary alicyclic amines) is 1. The summed E-state index contributed by atoms with van der Waals surface area (Å²) >= 11 is 1.47. The molecule has 5 rings (SSSR count). The number of fused-ring (bicyclic) bond motifs is 1. The van der Waals surface area contributed by atoms with Crippen LogP contribution in [-0.2, 0) is 14.3 Å². The number of amides is 1. The average molecular weight is 420 g/mol. The first kappa shape index (κ1) is 19.0. The van der Waals surface area contributed by atoms with Gasteiger partial charge in [0, 0.05) is 23.6 Å². The van der Waals surface area contributed by atoms with Crippen LogP contribution < -0.4 is 0 Å². The van der Waals surface area contributed by atoms with Gasteiger partial charge in [-0.3, -0.25) is 9.59 Å². The standard InChI is InChI=1S/C24H21NO4S/c26-22(18-10-3-7-15-6-1-2-9-17(15)18)20-21(19-11-5-13-30-19)25(24(28)23(20)27)14-16-8-4-12-29-16/h1-3,5-7,9-11,13,16,21,26H,4,8,12,14H2/b22-20-. The Morgan fingerprint density at radius 1 is 1.10 bits per heavy atom. The highest BCUT2D eigenvalue weighted by Crippen LogP contribution is 2.42. The van der Waals surface area contributed by atoms with Gasteiger partial charge in [0.1, 0.15) is 5.76 Å². The quantitative estimate of drug-likeness (QED) is 0.384. The number of carbonyl (C=O) groups excluding carboxylic acids is 2. The molecule has 1 aromatic heterocycles. The number of aliphatic hydroxyl groups is 1. The van der Waals surface area contributed by atoms with Gasteiger partial charge in [-0.2, -0.15) is 0 Å². The van der Waals surface area contributed by atoms with Gasteiger partial charge in [0.25, 0.3) is 11.7 Å². The lowest BCUT2D eigenvalue weighted by Gasteiger charge is -2.26. The number of thiophene rings is 1. The van der Waals surface area contributed by atoms with E-state index >= 15 is 0 Å². The van der Waals surface area contributed by atoms with Crippen molar-refractivity contribution >= 4 is 39.6 Å². The number of aliphatic hydroxyl groups excluding tert-OH is 1. The van der Waals surface area contributed by atoms with Crippen molar-refractivity contribution in [1.29, 1.82) is 0 Å². The van der Waals surface area contributed by atoms with E-state index in [-0.39, 0.29) is 17.4 Å². The molecule has 2 unspecified atom stereocenters. The van der Waals surface area contributed by atoms with Crippen LogP contribution in [0.5, 0.6) is 0 Å². The van der Waals surface area contributed by atoms with Crippen molar-refractivity contribution in [2.75, 3.05) is 13.2 Å². The van der Waals surface area contributed by atoms with Crippen LogP contribution in [0.2, 0.25) is 0 Å². The number of ketones is 1. The molecule has 152 valence electrons. The van der Waals surface area contributed by atoms with Crippen LogP contribution in [0.1, 0.15) is 29.3 Å². The third-order valence-corrected chi connectivity index (χ3v) is 6.75. The molecule has 30 heavy (non-hydrogen) atoms. The van der Waals surface area contributed by atoms with Gasteiger partial charge in [-0.25, -0.2) is 0 Å². The van der Waals surface area contributed by atoms with E-state index in [2.05, 4.69) is 0 Å². The summed E-state index contributed by atoms with van der Waals surface area (Å²) in [5, 5.41) is 15.0. The fourth-order valence-electron chi connectivity index (χ4n) is 4.40. The van der Waals surface area contributed by atoms with Crippen LogP contribution in [0.4, 0.5) is 0 Å². The molecule has 2 saturated heterocycles. The monoisotopic (exact) mass is 419 g/mol. The Hall–Kier alpha value is -2.96. The molecule has 3 aromatic rings. The maximum absolute atomic E-state index is 13.1. The molecule has 6 heteroatoms. The number of ether oxygens (including phenoxy) is 1. The van der Waals surface area contributed by atoms with Crippen molar-refractivity contribution in [1.82, 2.24) is 4.90 Å². The first-order valence-electron chi connectivity index (χ1n) is 10.1. The maximum atomic E-state index is 13.1. The molecule has 1 amide bonds. The fourth-order valence-corrected chi connectivity index (χ4v) is 5.24. The average Bonchev–Trinajstić information content (AvgIpc) is 3.52. The van der Waals surface area contributed by atoms with Gasteiger partial charge in [-0.15, -0.1) is 11.3 Å². The molecule has 5 nitrogen and oxygen atoms in total. The number of hydrogen-bond donors (Lipinski definition) is 1. The molecule has 2 atom stereocenters. The van der Waals surface area contributed by atoms with E-state index in [1.165, 1.54) is 11.3 Å². The SMILES string of the molecule is O=C1C(=O)N(CC2CCCO2)C(c2cccs2)/C1=C(/O)c1cccc2ccccc12. The highest BCUT2D eigenvalue weighted by atomic mass is 32.1. The lowest BCUT2D eigenvalue weighted by molar-refractivity contribution is -0.140. The minimum atomic E-state index is -0.642. The van der Waals surface area contributed by atoms with Crippen molar-refractivity contribution in [3.05, 3.63) is 76.0 Å². The molecule has 0 aliphatic carbocycles. The third kappa shape index (κ3) is 3.13. The maximum Gasteiger partial charge on any atom is 0.295 e. The number of hydrogen-bond acceptors (Lipinski definition) is 5. The highest BCUT2D eigenvalue weighted by molar-refractivity contribution is 7.10. The van der Waals surface area contributed by atoms with E-state index in [1.807, 2.05) is 53.9 Å². The van der Waals surface area contributed by atoms with E-state index in [0.717, 1.165) is 28.5 Å². The van der Waals surface area contributed by atoms with Gasteiger partial charge in [-0.05, 0) is 35.1 Å². The van der Waals surface area contributed by atoms with Gasteiger partial charge < -0.3 is 14.7 Å². The molecular formula is C24H21NO4S. The molecule has 0 radical (unpaired) electrons.